The average molecular weight is 543 g/mol. The molecule has 37 heavy (non-hydrogen) atoms. The Kier molecular flexibility index (Phi) is 8.80. The molecule has 2 aliphatic heterocycles. The molecule has 4 rings (SSSR count). The van der Waals surface area contributed by atoms with Crippen LogP contribution >= 0.6 is 23.1 Å². The number of carbonyl (C=O) groups is 4. The van der Waals surface area contributed by atoms with Crippen LogP contribution in [0.15, 0.2) is 65.7 Å². The Bertz CT molecular complexity index is 1210. The smallest absolute Gasteiger partial charge is 0.411 e. The Hall–Kier alpha value is -3.41. The van der Waals surface area contributed by atoms with Crippen LogP contribution in [0.25, 0.3) is 0 Å². The van der Waals surface area contributed by atoms with Gasteiger partial charge in [0.05, 0.1) is 17.9 Å². The highest BCUT2D eigenvalue weighted by atomic mass is 32.2. The summed E-state index contributed by atoms with van der Waals surface area (Å²) in [7, 11) is 0. The van der Waals surface area contributed by atoms with Crippen molar-refractivity contribution in [1.29, 1.82) is 0 Å². The third-order valence-corrected chi connectivity index (χ3v) is 8.11. The average Bonchev–Trinajstić information content (AvgIpc) is 3.42. The second-order valence-electron chi connectivity index (χ2n) is 8.41. The van der Waals surface area contributed by atoms with Crippen LogP contribution < -0.4 is 5.32 Å². The Morgan fingerprint density at radius 3 is 2.65 bits per heavy atom. The van der Waals surface area contributed by atoms with Crippen molar-refractivity contribution in [2.24, 2.45) is 5.92 Å². The number of esters is 1. The Balaban J connectivity index is 1.42. The summed E-state index contributed by atoms with van der Waals surface area (Å²) in [5, 5.41) is 13.2. The van der Waals surface area contributed by atoms with E-state index >= 15 is 0 Å². The van der Waals surface area contributed by atoms with Crippen LogP contribution in [0.4, 0.5) is 10.5 Å². The third-order valence-electron chi connectivity index (χ3n) is 5.84. The second kappa shape index (κ2) is 12.2. The molecule has 1 aromatic carbocycles. The second-order valence-corrected chi connectivity index (χ2v) is 10.5. The SMILES string of the molecule is C=CCOC(=O)C1=C(COC(=O)Nc2ccc(CO)cc2)CS[C@@H]2[C@H](CC(=O)Cc3cccs3)C(=O)N12. The number of amides is 2. The molecule has 194 valence electrons. The topological polar surface area (TPSA) is 122 Å². The zero-order chi connectivity index (χ0) is 26.4. The Morgan fingerprint density at radius 2 is 1.97 bits per heavy atom. The van der Waals surface area contributed by atoms with Crippen molar-refractivity contribution in [3.8, 4) is 0 Å². The zero-order valence-corrected chi connectivity index (χ0v) is 21.5. The molecule has 2 aromatic rings. The number of nitrogens with zero attached hydrogens (tertiary/aromatic N) is 1. The van der Waals surface area contributed by atoms with Gasteiger partial charge in [0.1, 0.15) is 24.7 Å². The highest BCUT2D eigenvalue weighted by Crippen LogP contribution is 2.45. The van der Waals surface area contributed by atoms with E-state index < -0.39 is 18.0 Å². The van der Waals surface area contributed by atoms with Gasteiger partial charge in [0, 0.05) is 34.7 Å². The van der Waals surface area contributed by atoms with Crippen molar-refractivity contribution in [2.75, 3.05) is 24.3 Å². The van der Waals surface area contributed by atoms with E-state index in [1.165, 1.54) is 34.1 Å². The number of hydrogen-bond acceptors (Lipinski definition) is 9. The standard InChI is InChI=1S/C26H26N2O7S2/c1-2-9-34-25(32)22-17(14-35-26(33)27-18-7-5-16(13-29)6-8-18)15-37-24-21(23(31)28(22)24)12-19(30)11-20-4-3-10-36-20/h2-8,10,21,24,29H,1,9,11-15H2,(H,27,33)/t21-,24-/m1/s1. The summed E-state index contributed by atoms with van der Waals surface area (Å²) in [5.74, 6) is -1.25. The normalized spacial score (nSPS) is 18.5. The maximum absolute atomic E-state index is 13.1. The monoisotopic (exact) mass is 542 g/mol. The summed E-state index contributed by atoms with van der Waals surface area (Å²) in [6, 6.07) is 10.4. The van der Waals surface area contributed by atoms with Crippen molar-refractivity contribution in [3.63, 3.8) is 0 Å². The maximum atomic E-state index is 13.1. The molecule has 2 N–H and O–H groups in total. The lowest BCUT2D eigenvalue weighted by Crippen LogP contribution is -2.62. The van der Waals surface area contributed by atoms with E-state index in [9.17, 15) is 19.2 Å². The molecular weight excluding hydrogens is 516 g/mol. The summed E-state index contributed by atoms with van der Waals surface area (Å²) in [6.07, 6.45) is 1.06. The quantitative estimate of drug-likeness (QED) is 0.251. The number of fused-ring (bicyclic) bond motifs is 1. The van der Waals surface area contributed by atoms with E-state index in [0.717, 1.165) is 4.88 Å². The van der Waals surface area contributed by atoms with Crippen molar-refractivity contribution >= 4 is 52.5 Å². The molecule has 3 heterocycles. The van der Waals surface area contributed by atoms with Gasteiger partial charge in [-0.05, 0) is 29.1 Å². The number of aliphatic hydroxyl groups excluding tert-OH is 1. The molecule has 2 aliphatic rings. The number of β-lactam (4-membered cyclic amide) rings is 1. The molecule has 1 fully saturated rings. The molecule has 1 saturated heterocycles. The van der Waals surface area contributed by atoms with Crippen LogP contribution in [0.5, 0.6) is 0 Å². The number of thioether (sulfide) groups is 1. The summed E-state index contributed by atoms with van der Waals surface area (Å²) in [5.41, 5.74) is 1.68. The predicted molar refractivity (Wildman–Crippen MR) is 140 cm³/mol. The van der Waals surface area contributed by atoms with Gasteiger partial charge in [-0.1, -0.05) is 30.9 Å². The fraction of sp³-hybridized carbons (Fsp3) is 0.308. The fourth-order valence-electron chi connectivity index (χ4n) is 4.05. The zero-order valence-electron chi connectivity index (χ0n) is 19.9. The molecule has 11 heteroatoms. The van der Waals surface area contributed by atoms with E-state index in [1.54, 1.807) is 24.3 Å². The van der Waals surface area contributed by atoms with Gasteiger partial charge in [0.2, 0.25) is 5.91 Å². The summed E-state index contributed by atoms with van der Waals surface area (Å²) in [6.45, 7) is 3.17. The van der Waals surface area contributed by atoms with Crippen molar-refractivity contribution in [3.05, 3.63) is 76.1 Å². The molecule has 0 saturated carbocycles. The van der Waals surface area contributed by atoms with E-state index in [-0.39, 0.29) is 55.4 Å². The van der Waals surface area contributed by atoms with Crippen molar-refractivity contribution in [1.82, 2.24) is 4.90 Å². The van der Waals surface area contributed by atoms with Gasteiger partial charge >= 0.3 is 12.1 Å². The molecule has 0 radical (unpaired) electrons. The van der Waals surface area contributed by atoms with E-state index in [0.29, 0.717) is 22.6 Å². The first-order chi connectivity index (χ1) is 17.9. The Labute approximate surface area is 222 Å². The van der Waals surface area contributed by atoms with Gasteiger partial charge in [-0.15, -0.1) is 23.1 Å². The summed E-state index contributed by atoms with van der Waals surface area (Å²) >= 11 is 2.92. The number of hydrogen-bond donors (Lipinski definition) is 2. The van der Waals surface area contributed by atoms with Crippen molar-refractivity contribution in [2.45, 2.75) is 24.8 Å². The fourth-order valence-corrected chi connectivity index (χ4v) is 6.17. The van der Waals surface area contributed by atoms with E-state index in [1.807, 2.05) is 17.5 Å². The van der Waals surface area contributed by atoms with E-state index in [4.69, 9.17) is 14.6 Å². The minimum atomic E-state index is -0.734. The first-order valence-corrected chi connectivity index (χ1v) is 13.5. The van der Waals surface area contributed by atoms with Gasteiger partial charge in [0.15, 0.2) is 0 Å². The molecule has 0 spiro atoms. The van der Waals surface area contributed by atoms with Crippen LogP contribution in [-0.2, 0) is 36.9 Å². The summed E-state index contributed by atoms with van der Waals surface area (Å²) in [4.78, 5) is 53.1. The number of thiophene rings is 1. The molecular formula is C26H26N2O7S2. The highest BCUT2D eigenvalue weighted by molar-refractivity contribution is 8.00. The largest absolute Gasteiger partial charge is 0.457 e. The molecule has 2 atom stereocenters. The molecule has 2 amide bonds. The van der Waals surface area contributed by atoms with Gasteiger partial charge in [0.25, 0.3) is 0 Å². The van der Waals surface area contributed by atoms with Crippen LogP contribution in [0.3, 0.4) is 0 Å². The van der Waals surface area contributed by atoms with Crippen LogP contribution in [0.1, 0.15) is 16.9 Å². The number of anilines is 1. The van der Waals surface area contributed by atoms with E-state index in [2.05, 4.69) is 11.9 Å². The molecule has 0 aliphatic carbocycles. The minimum absolute atomic E-state index is 0.0290. The van der Waals surface area contributed by atoms with Crippen LogP contribution in [-0.4, -0.2) is 58.1 Å². The van der Waals surface area contributed by atoms with Gasteiger partial charge < -0.3 is 14.6 Å². The van der Waals surface area contributed by atoms with Gasteiger partial charge in [-0.2, -0.15) is 0 Å². The number of ether oxygens (including phenoxy) is 2. The number of ketones is 1. The maximum Gasteiger partial charge on any atom is 0.411 e. The number of aliphatic hydroxyl groups is 1. The predicted octanol–water partition coefficient (Wildman–Crippen LogP) is 3.51. The number of rotatable bonds is 11. The lowest BCUT2D eigenvalue weighted by molar-refractivity contribution is -0.155. The minimum Gasteiger partial charge on any atom is -0.457 e. The highest BCUT2D eigenvalue weighted by Gasteiger charge is 2.54. The first-order valence-electron chi connectivity index (χ1n) is 11.5. The number of Topliss-reactive ketones (excluding diaryl/α,β-unsaturated/α-hetero) is 1. The first kappa shape index (κ1) is 26.6. The number of benzene rings is 1. The Morgan fingerprint density at radius 1 is 1.19 bits per heavy atom. The van der Waals surface area contributed by atoms with Gasteiger partial charge in [-0.3, -0.25) is 19.8 Å². The molecule has 0 unspecified atom stereocenters. The number of nitrogens with one attached hydrogen (secondary N) is 1. The third kappa shape index (κ3) is 6.30. The lowest BCUT2D eigenvalue weighted by Gasteiger charge is -2.49. The molecule has 1 aromatic heterocycles. The lowest BCUT2D eigenvalue weighted by atomic mass is 9.89. The molecule has 9 nitrogen and oxygen atoms in total. The number of carbonyl (C=O) groups excluding carboxylic acids is 4. The van der Waals surface area contributed by atoms with Crippen molar-refractivity contribution < 1.29 is 33.8 Å². The van der Waals surface area contributed by atoms with Crippen LogP contribution in [0.2, 0.25) is 0 Å². The van der Waals surface area contributed by atoms with Crippen LogP contribution in [0, 0.1) is 5.92 Å². The molecule has 0 bridgehead atoms. The summed E-state index contributed by atoms with van der Waals surface area (Å²) < 4.78 is 10.5. The van der Waals surface area contributed by atoms with Gasteiger partial charge in [-0.25, -0.2) is 9.59 Å².